The number of carbonyl (C=O) groups excluding carboxylic acids is 1. The molecular formula is C15H21N5OS. The average molecular weight is 319 g/mol. The molecule has 1 aliphatic rings. The van der Waals surface area contributed by atoms with Crippen LogP contribution in [0.15, 0.2) is 17.6 Å². The van der Waals surface area contributed by atoms with Crippen LogP contribution in [0.5, 0.6) is 0 Å². The number of carbonyl (C=O) groups is 1. The number of hydrogen-bond acceptors (Lipinski definition) is 4. The van der Waals surface area contributed by atoms with Gasteiger partial charge >= 0.3 is 6.03 Å². The third kappa shape index (κ3) is 3.48. The number of nitrogens with zero attached hydrogens (tertiary/aromatic N) is 3. The van der Waals surface area contributed by atoms with Gasteiger partial charge in [-0.3, -0.25) is 9.58 Å². The zero-order valence-corrected chi connectivity index (χ0v) is 13.7. The second-order valence-corrected chi connectivity index (χ2v) is 6.58. The van der Waals surface area contributed by atoms with Crippen LogP contribution < -0.4 is 10.6 Å². The lowest BCUT2D eigenvalue weighted by molar-refractivity contribution is 0.239. The molecule has 2 aromatic heterocycles. The summed E-state index contributed by atoms with van der Waals surface area (Å²) in [7, 11) is 1.84. The molecule has 118 valence electrons. The first-order chi connectivity index (χ1) is 10.6. The van der Waals surface area contributed by atoms with Crippen LogP contribution in [0.3, 0.4) is 0 Å². The highest BCUT2D eigenvalue weighted by Crippen LogP contribution is 2.23. The van der Waals surface area contributed by atoms with Gasteiger partial charge in [-0.15, -0.1) is 11.3 Å². The van der Waals surface area contributed by atoms with E-state index in [9.17, 15) is 4.79 Å². The Hall–Kier alpha value is -1.86. The SMILES string of the molecule is Cc1nn(C)cc1NC(=O)NCCN1CCc2sccc2C1. The van der Waals surface area contributed by atoms with Crippen LogP contribution in [0.4, 0.5) is 10.5 Å². The molecule has 0 aromatic carbocycles. The Balaban J connectivity index is 1.42. The number of thiophene rings is 1. The Labute approximate surface area is 134 Å². The molecular weight excluding hydrogens is 298 g/mol. The lowest BCUT2D eigenvalue weighted by Gasteiger charge is -2.26. The number of hydrogen-bond donors (Lipinski definition) is 2. The van der Waals surface area contributed by atoms with Gasteiger partial charge in [-0.25, -0.2) is 4.79 Å². The summed E-state index contributed by atoms with van der Waals surface area (Å²) in [6.07, 6.45) is 2.92. The fourth-order valence-corrected chi connectivity index (χ4v) is 3.60. The van der Waals surface area contributed by atoms with E-state index in [2.05, 4.69) is 32.1 Å². The van der Waals surface area contributed by atoms with Crippen LogP contribution in [-0.4, -0.2) is 40.3 Å². The normalized spacial score (nSPS) is 14.6. The predicted molar refractivity (Wildman–Crippen MR) is 88.3 cm³/mol. The fraction of sp³-hybridized carbons (Fsp3) is 0.467. The van der Waals surface area contributed by atoms with E-state index in [1.165, 1.54) is 10.4 Å². The van der Waals surface area contributed by atoms with E-state index in [1.807, 2.05) is 25.3 Å². The highest BCUT2D eigenvalue weighted by molar-refractivity contribution is 7.10. The Morgan fingerprint density at radius 2 is 2.36 bits per heavy atom. The smallest absolute Gasteiger partial charge is 0.319 e. The number of aromatic nitrogens is 2. The van der Waals surface area contributed by atoms with Gasteiger partial charge in [0.2, 0.25) is 0 Å². The monoisotopic (exact) mass is 319 g/mol. The molecule has 3 rings (SSSR count). The Morgan fingerprint density at radius 1 is 1.50 bits per heavy atom. The maximum absolute atomic E-state index is 11.9. The largest absolute Gasteiger partial charge is 0.337 e. The number of amides is 2. The summed E-state index contributed by atoms with van der Waals surface area (Å²) in [5.41, 5.74) is 3.01. The first-order valence-electron chi connectivity index (χ1n) is 7.44. The number of aryl methyl sites for hydroxylation is 2. The Kier molecular flexibility index (Phi) is 4.44. The molecule has 0 unspecified atom stereocenters. The molecule has 2 N–H and O–H groups in total. The van der Waals surface area contributed by atoms with Crippen molar-refractivity contribution in [2.24, 2.45) is 7.05 Å². The van der Waals surface area contributed by atoms with Crippen LogP contribution in [0, 0.1) is 6.92 Å². The van der Waals surface area contributed by atoms with E-state index in [1.54, 1.807) is 10.9 Å². The number of anilines is 1. The second kappa shape index (κ2) is 6.50. The number of rotatable bonds is 4. The first kappa shape index (κ1) is 15.1. The van der Waals surface area contributed by atoms with E-state index >= 15 is 0 Å². The zero-order valence-electron chi connectivity index (χ0n) is 12.9. The summed E-state index contributed by atoms with van der Waals surface area (Å²) < 4.78 is 1.69. The third-order valence-corrected chi connectivity index (χ3v) is 4.88. The molecule has 2 amide bonds. The maximum Gasteiger partial charge on any atom is 0.319 e. The molecule has 0 atom stereocenters. The second-order valence-electron chi connectivity index (χ2n) is 5.58. The van der Waals surface area contributed by atoms with Crippen molar-refractivity contribution >= 4 is 23.1 Å². The van der Waals surface area contributed by atoms with Crippen molar-refractivity contribution in [1.29, 1.82) is 0 Å². The van der Waals surface area contributed by atoms with Gasteiger partial charge in [0.25, 0.3) is 0 Å². The molecule has 2 aromatic rings. The minimum Gasteiger partial charge on any atom is -0.337 e. The zero-order chi connectivity index (χ0) is 15.5. The maximum atomic E-state index is 11.9. The molecule has 0 saturated carbocycles. The molecule has 7 heteroatoms. The molecule has 0 bridgehead atoms. The third-order valence-electron chi connectivity index (χ3n) is 3.86. The van der Waals surface area contributed by atoms with Gasteiger partial charge in [0.05, 0.1) is 11.4 Å². The van der Waals surface area contributed by atoms with Crippen LogP contribution >= 0.6 is 11.3 Å². The van der Waals surface area contributed by atoms with Gasteiger partial charge in [-0.05, 0) is 30.4 Å². The van der Waals surface area contributed by atoms with E-state index in [4.69, 9.17) is 0 Å². The molecule has 22 heavy (non-hydrogen) atoms. The molecule has 0 spiro atoms. The number of nitrogens with one attached hydrogen (secondary N) is 2. The van der Waals surface area contributed by atoms with Gasteiger partial charge in [-0.2, -0.15) is 5.10 Å². The van der Waals surface area contributed by atoms with Gasteiger partial charge in [0, 0.05) is 44.3 Å². The van der Waals surface area contributed by atoms with Crippen molar-refractivity contribution in [2.45, 2.75) is 19.9 Å². The highest BCUT2D eigenvalue weighted by Gasteiger charge is 2.16. The van der Waals surface area contributed by atoms with Crippen LogP contribution in [0.1, 0.15) is 16.1 Å². The van der Waals surface area contributed by atoms with Crippen molar-refractivity contribution in [1.82, 2.24) is 20.0 Å². The van der Waals surface area contributed by atoms with Crippen LogP contribution in [-0.2, 0) is 20.0 Å². The average Bonchev–Trinajstić information content (AvgIpc) is 3.05. The predicted octanol–water partition coefficient (Wildman–Crippen LogP) is 1.97. The minimum absolute atomic E-state index is 0.177. The Morgan fingerprint density at radius 3 is 3.14 bits per heavy atom. The summed E-state index contributed by atoms with van der Waals surface area (Å²) in [5.74, 6) is 0. The van der Waals surface area contributed by atoms with Gasteiger partial charge in [-0.1, -0.05) is 0 Å². The summed E-state index contributed by atoms with van der Waals surface area (Å²) in [5, 5.41) is 12.1. The van der Waals surface area contributed by atoms with Crippen molar-refractivity contribution in [3.8, 4) is 0 Å². The first-order valence-corrected chi connectivity index (χ1v) is 8.32. The fourth-order valence-electron chi connectivity index (χ4n) is 2.71. The number of fused-ring (bicyclic) bond motifs is 1. The quantitative estimate of drug-likeness (QED) is 0.906. The summed E-state index contributed by atoms with van der Waals surface area (Å²) in [4.78, 5) is 15.8. The Bertz CT molecular complexity index is 663. The summed E-state index contributed by atoms with van der Waals surface area (Å²) in [6, 6.07) is 2.03. The molecule has 6 nitrogen and oxygen atoms in total. The standard InChI is InChI=1S/C15H21N5OS/c1-11-13(10-19(2)18-11)17-15(21)16-5-7-20-6-3-14-12(9-20)4-8-22-14/h4,8,10H,3,5-7,9H2,1-2H3,(H2,16,17,21). The highest BCUT2D eigenvalue weighted by atomic mass is 32.1. The summed E-state index contributed by atoms with van der Waals surface area (Å²) in [6.45, 7) is 5.45. The lowest BCUT2D eigenvalue weighted by atomic mass is 10.1. The molecule has 0 aliphatic carbocycles. The van der Waals surface area contributed by atoms with Crippen molar-refractivity contribution < 1.29 is 4.79 Å². The molecule has 0 saturated heterocycles. The summed E-state index contributed by atoms with van der Waals surface area (Å²) >= 11 is 1.85. The lowest BCUT2D eigenvalue weighted by Crippen LogP contribution is -2.38. The van der Waals surface area contributed by atoms with Crippen LogP contribution in [0.2, 0.25) is 0 Å². The molecule has 0 fully saturated rings. The molecule has 3 heterocycles. The van der Waals surface area contributed by atoms with Crippen molar-refractivity contribution in [2.75, 3.05) is 25.0 Å². The van der Waals surface area contributed by atoms with E-state index in [-0.39, 0.29) is 6.03 Å². The minimum atomic E-state index is -0.177. The van der Waals surface area contributed by atoms with E-state index in [0.717, 1.165) is 37.4 Å². The van der Waals surface area contributed by atoms with Gasteiger partial charge in [0.15, 0.2) is 0 Å². The molecule has 1 aliphatic heterocycles. The topological polar surface area (TPSA) is 62.2 Å². The number of urea groups is 1. The van der Waals surface area contributed by atoms with Crippen molar-refractivity contribution in [3.63, 3.8) is 0 Å². The van der Waals surface area contributed by atoms with Crippen molar-refractivity contribution in [3.05, 3.63) is 33.8 Å². The van der Waals surface area contributed by atoms with E-state index in [0.29, 0.717) is 6.54 Å². The molecule has 0 radical (unpaired) electrons. The van der Waals surface area contributed by atoms with E-state index < -0.39 is 0 Å². The van der Waals surface area contributed by atoms with Crippen LogP contribution in [0.25, 0.3) is 0 Å². The van der Waals surface area contributed by atoms with Gasteiger partial charge in [0.1, 0.15) is 0 Å². The van der Waals surface area contributed by atoms with Gasteiger partial charge < -0.3 is 10.6 Å².